The number of carbonyl (C=O) groups excluding carboxylic acids is 1. The predicted molar refractivity (Wildman–Crippen MR) is 189 cm³/mol. The normalized spacial score (nSPS) is 14.9. The van der Waals surface area contributed by atoms with Gasteiger partial charge in [0.25, 0.3) is 0 Å². The SMILES string of the molecule is CCCCCCCC/C=C/CCCC[C@@H](O)[C@H](COP(=O)(O)OCC[N+](C)(C)C)NC(=O)CCCCCCCCCCCCC. The molecule has 0 aromatic carbocycles. The van der Waals surface area contributed by atoms with Gasteiger partial charge in [-0.1, -0.05) is 129 Å². The third-order valence-electron chi connectivity index (χ3n) is 8.26. The highest BCUT2D eigenvalue weighted by molar-refractivity contribution is 7.47. The first-order chi connectivity index (χ1) is 21.5. The van der Waals surface area contributed by atoms with Crippen molar-refractivity contribution in [3.8, 4) is 0 Å². The third-order valence-corrected chi connectivity index (χ3v) is 9.25. The van der Waals surface area contributed by atoms with Crippen molar-refractivity contribution >= 4 is 13.7 Å². The number of hydrogen-bond acceptors (Lipinski definition) is 5. The van der Waals surface area contributed by atoms with Crippen LogP contribution in [0.25, 0.3) is 0 Å². The van der Waals surface area contributed by atoms with Crippen LogP contribution in [-0.4, -0.2) is 73.4 Å². The zero-order chi connectivity index (χ0) is 33.7. The molecule has 0 aliphatic carbocycles. The Morgan fingerprint density at radius 2 is 1.20 bits per heavy atom. The van der Waals surface area contributed by atoms with Crippen LogP contribution in [0.1, 0.15) is 162 Å². The highest BCUT2D eigenvalue weighted by atomic mass is 31.2. The number of phosphoric ester groups is 1. The van der Waals surface area contributed by atoms with Gasteiger partial charge in [0.1, 0.15) is 13.2 Å². The average molecular weight is 662 g/mol. The number of amides is 1. The third kappa shape index (κ3) is 31.6. The molecule has 0 aromatic rings. The maximum absolute atomic E-state index is 12.7. The van der Waals surface area contributed by atoms with E-state index in [2.05, 4.69) is 31.3 Å². The second-order valence-corrected chi connectivity index (χ2v) is 15.4. The number of rotatable bonds is 33. The molecule has 0 spiro atoms. The molecule has 0 aliphatic heterocycles. The lowest BCUT2D eigenvalue weighted by Gasteiger charge is -2.26. The molecule has 0 aromatic heterocycles. The lowest BCUT2D eigenvalue weighted by atomic mass is 10.0. The van der Waals surface area contributed by atoms with Gasteiger partial charge < -0.3 is 19.8 Å². The van der Waals surface area contributed by atoms with E-state index < -0.39 is 20.0 Å². The Bertz CT molecular complexity index is 758. The van der Waals surface area contributed by atoms with Crippen molar-refractivity contribution in [2.24, 2.45) is 0 Å². The van der Waals surface area contributed by atoms with Gasteiger partial charge in [-0.3, -0.25) is 13.8 Å². The van der Waals surface area contributed by atoms with Crippen molar-refractivity contribution in [2.75, 3.05) is 40.9 Å². The molecule has 1 amide bonds. The van der Waals surface area contributed by atoms with Crippen LogP contribution in [0.5, 0.6) is 0 Å². The van der Waals surface area contributed by atoms with E-state index >= 15 is 0 Å². The predicted octanol–water partition coefficient (Wildman–Crippen LogP) is 9.24. The minimum absolute atomic E-state index is 0.0715. The van der Waals surface area contributed by atoms with Gasteiger partial charge in [-0.2, -0.15) is 0 Å². The molecule has 0 radical (unpaired) electrons. The molecule has 0 saturated heterocycles. The summed E-state index contributed by atoms with van der Waals surface area (Å²) in [5, 5.41) is 13.8. The molecule has 3 atom stereocenters. The van der Waals surface area contributed by atoms with Gasteiger partial charge in [0.2, 0.25) is 5.91 Å². The van der Waals surface area contributed by atoms with Crippen molar-refractivity contribution in [2.45, 2.75) is 174 Å². The van der Waals surface area contributed by atoms with Gasteiger partial charge in [-0.15, -0.1) is 0 Å². The monoisotopic (exact) mass is 662 g/mol. The van der Waals surface area contributed by atoms with Crippen LogP contribution in [0.2, 0.25) is 0 Å². The highest BCUT2D eigenvalue weighted by Gasteiger charge is 2.28. The summed E-state index contributed by atoms with van der Waals surface area (Å²) in [6.45, 7) is 4.82. The molecular weight excluding hydrogens is 587 g/mol. The highest BCUT2D eigenvalue weighted by Crippen LogP contribution is 2.43. The molecular formula is C36H74N2O6P+. The molecule has 0 fully saturated rings. The number of hydrogen-bond donors (Lipinski definition) is 3. The largest absolute Gasteiger partial charge is 0.472 e. The summed E-state index contributed by atoms with van der Waals surface area (Å²) < 4.78 is 23.4. The van der Waals surface area contributed by atoms with Gasteiger partial charge in [-0.05, 0) is 38.5 Å². The number of carbonyl (C=O) groups is 1. The molecule has 1 unspecified atom stereocenters. The average Bonchev–Trinajstić information content (AvgIpc) is 2.97. The second kappa shape index (κ2) is 29.4. The van der Waals surface area contributed by atoms with E-state index in [1.807, 2.05) is 21.1 Å². The van der Waals surface area contributed by atoms with Crippen molar-refractivity contribution in [3.05, 3.63) is 12.2 Å². The summed E-state index contributed by atoms with van der Waals surface area (Å²) in [7, 11) is 1.60. The van der Waals surface area contributed by atoms with E-state index in [0.717, 1.165) is 44.9 Å². The van der Waals surface area contributed by atoms with Crippen LogP contribution in [0.3, 0.4) is 0 Å². The number of nitrogens with one attached hydrogen (secondary N) is 1. The fraction of sp³-hybridized carbons (Fsp3) is 0.917. The van der Waals surface area contributed by atoms with E-state index in [0.29, 0.717) is 23.9 Å². The van der Waals surface area contributed by atoms with E-state index in [9.17, 15) is 19.4 Å². The zero-order valence-electron chi connectivity index (χ0n) is 30.1. The number of aliphatic hydroxyl groups is 1. The summed E-state index contributed by atoms with van der Waals surface area (Å²) in [5.41, 5.74) is 0. The van der Waals surface area contributed by atoms with E-state index in [4.69, 9.17) is 9.05 Å². The Morgan fingerprint density at radius 3 is 1.71 bits per heavy atom. The Balaban J connectivity index is 4.54. The molecule has 3 N–H and O–H groups in total. The van der Waals surface area contributed by atoms with Gasteiger partial charge >= 0.3 is 7.82 Å². The fourth-order valence-electron chi connectivity index (χ4n) is 5.21. The summed E-state index contributed by atoms with van der Waals surface area (Å²) in [6.07, 6.45) is 29.5. The Hall–Kier alpha value is -0.760. The fourth-order valence-corrected chi connectivity index (χ4v) is 5.95. The maximum atomic E-state index is 12.7. The first kappa shape index (κ1) is 44.2. The second-order valence-electron chi connectivity index (χ2n) is 14.0. The Labute approximate surface area is 278 Å². The topological polar surface area (TPSA) is 105 Å². The van der Waals surface area contributed by atoms with Crippen molar-refractivity contribution in [1.29, 1.82) is 0 Å². The van der Waals surface area contributed by atoms with Crippen LogP contribution in [-0.2, 0) is 18.4 Å². The van der Waals surface area contributed by atoms with Crippen molar-refractivity contribution in [3.63, 3.8) is 0 Å². The molecule has 8 nitrogen and oxygen atoms in total. The number of phosphoric acid groups is 1. The summed E-state index contributed by atoms with van der Waals surface area (Å²) in [4.78, 5) is 22.9. The van der Waals surface area contributed by atoms with Gasteiger partial charge in [0.15, 0.2) is 0 Å². The molecule has 45 heavy (non-hydrogen) atoms. The number of aliphatic hydroxyl groups excluding tert-OH is 1. The van der Waals surface area contributed by atoms with Gasteiger partial charge in [-0.25, -0.2) is 4.57 Å². The lowest BCUT2D eigenvalue weighted by Crippen LogP contribution is -2.46. The molecule has 0 aliphatic rings. The van der Waals surface area contributed by atoms with E-state index in [-0.39, 0.29) is 19.1 Å². The molecule has 0 bridgehead atoms. The number of allylic oxidation sites excluding steroid dienone is 2. The van der Waals surface area contributed by atoms with Crippen LogP contribution in [0.4, 0.5) is 0 Å². The maximum Gasteiger partial charge on any atom is 0.472 e. The van der Waals surface area contributed by atoms with Crippen LogP contribution in [0, 0.1) is 0 Å². The lowest BCUT2D eigenvalue weighted by molar-refractivity contribution is -0.870. The zero-order valence-corrected chi connectivity index (χ0v) is 31.0. The van der Waals surface area contributed by atoms with Gasteiger partial charge in [0.05, 0.1) is 39.9 Å². The molecule has 9 heteroatoms. The molecule has 0 heterocycles. The Kier molecular flexibility index (Phi) is 28.9. The molecule has 0 saturated carbocycles. The van der Waals surface area contributed by atoms with E-state index in [1.54, 1.807) is 0 Å². The van der Waals surface area contributed by atoms with Crippen LogP contribution < -0.4 is 5.32 Å². The van der Waals surface area contributed by atoms with Gasteiger partial charge in [0, 0.05) is 6.42 Å². The van der Waals surface area contributed by atoms with Crippen LogP contribution in [0.15, 0.2) is 12.2 Å². The van der Waals surface area contributed by atoms with Crippen molar-refractivity contribution in [1.82, 2.24) is 5.32 Å². The Morgan fingerprint density at radius 1 is 0.733 bits per heavy atom. The van der Waals surface area contributed by atoms with Crippen molar-refractivity contribution < 1.29 is 32.9 Å². The number of likely N-dealkylation sites (N-methyl/N-ethyl adjacent to an activating group) is 1. The molecule has 0 rings (SSSR count). The molecule has 268 valence electrons. The number of unbranched alkanes of at least 4 members (excludes halogenated alkanes) is 18. The first-order valence-corrected chi connectivity index (χ1v) is 20.0. The minimum atomic E-state index is -4.30. The quantitative estimate of drug-likeness (QED) is 0.0280. The number of nitrogens with zero attached hydrogens (tertiary/aromatic N) is 1. The smallest absolute Gasteiger partial charge is 0.391 e. The minimum Gasteiger partial charge on any atom is -0.391 e. The first-order valence-electron chi connectivity index (χ1n) is 18.6. The standard InChI is InChI=1S/C36H73N2O6P/c1-6-8-10-12-14-16-18-20-21-23-25-27-29-35(39)34(33-44-45(41,42)43-32-31-38(3,4)5)37-36(40)30-28-26-24-22-19-17-15-13-11-9-7-2/h20-21,34-35,39H,6-19,22-33H2,1-5H3,(H-,37,40,41,42)/p+1/b21-20+/t34-,35+/m0/s1. The van der Waals surface area contributed by atoms with E-state index in [1.165, 1.54) is 89.9 Å². The summed E-state index contributed by atoms with van der Waals surface area (Å²) in [5.74, 6) is -0.157. The van der Waals surface area contributed by atoms with Crippen LogP contribution >= 0.6 is 7.82 Å². The summed E-state index contributed by atoms with van der Waals surface area (Å²) in [6, 6.07) is -0.768. The summed E-state index contributed by atoms with van der Waals surface area (Å²) >= 11 is 0. The number of quaternary nitrogens is 1.